The van der Waals surface area contributed by atoms with Crippen molar-refractivity contribution in [3.05, 3.63) is 48.3 Å². The molecular weight excluding hydrogens is 240 g/mol. The van der Waals surface area contributed by atoms with Crippen LogP contribution in [0.3, 0.4) is 0 Å². The fraction of sp³-hybridized carbons (Fsp3) is 0.200. The summed E-state index contributed by atoms with van der Waals surface area (Å²) in [5.74, 6) is -0.350. The average molecular weight is 256 g/mol. The number of carbonyl (C=O) groups excluding carboxylic acids is 1. The van der Waals surface area contributed by atoms with Gasteiger partial charge in [0.15, 0.2) is 0 Å². The second kappa shape index (κ2) is 5.52. The number of benzene rings is 1. The normalized spacial score (nSPS) is 11.4. The molecule has 1 aromatic carbocycles. The predicted octanol–water partition coefficient (Wildman–Crippen LogP) is 2.31. The summed E-state index contributed by atoms with van der Waals surface area (Å²) < 4.78 is 4.83. The van der Waals surface area contributed by atoms with Crippen LogP contribution in [0.15, 0.2) is 42.7 Å². The summed E-state index contributed by atoms with van der Waals surface area (Å²) >= 11 is 0. The Morgan fingerprint density at radius 3 is 2.79 bits per heavy atom. The molecule has 0 unspecified atom stereocenters. The SMILES string of the molecule is COC(=O)/C(=C\N(C)C)c1ccc2ncccc2c1. The van der Waals surface area contributed by atoms with Crippen LogP contribution in [0.1, 0.15) is 5.56 Å². The lowest BCUT2D eigenvalue weighted by Gasteiger charge is -2.11. The van der Waals surface area contributed by atoms with Crippen molar-refractivity contribution >= 4 is 22.4 Å². The highest BCUT2D eigenvalue weighted by Gasteiger charge is 2.13. The topological polar surface area (TPSA) is 42.4 Å². The lowest BCUT2D eigenvalue weighted by Crippen LogP contribution is -2.10. The number of ether oxygens (including phenoxy) is 1. The molecule has 0 saturated carbocycles. The molecule has 98 valence electrons. The Kier molecular flexibility index (Phi) is 3.80. The van der Waals surface area contributed by atoms with E-state index < -0.39 is 0 Å². The lowest BCUT2D eigenvalue weighted by atomic mass is 10.0. The number of hydrogen-bond donors (Lipinski definition) is 0. The van der Waals surface area contributed by atoms with Gasteiger partial charge >= 0.3 is 5.97 Å². The zero-order valence-corrected chi connectivity index (χ0v) is 11.3. The van der Waals surface area contributed by atoms with Crippen molar-refractivity contribution in [2.75, 3.05) is 21.2 Å². The zero-order valence-electron chi connectivity index (χ0n) is 11.3. The van der Waals surface area contributed by atoms with Gasteiger partial charge in [-0.05, 0) is 23.8 Å². The molecule has 0 N–H and O–H groups in total. The van der Waals surface area contributed by atoms with E-state index >= 15 is 0 Å². The van der Waals surface area contributed by atoms with Crippen LogP contribution in [-0.4, -0.2) is 37.1 Å². The van der Waals surface area contributed by atoms with E-state index in [2.05, 4.69) is 4.98 Å². The quantitative estimate of drug-likeness (QED) is 0.624. The van der Waals surface area contributed by atoms with Crippen LogP contribution in [0, 0.1) is 0 Å². The molecule has 0 atom stereocenters. The predicted molar refractivity (Wildman–Crippen MR) is 75.4 cm³/mol. The van der Waals surface area contributed by atoms with Crippen molar-refractivity contribution in [3.8, 4) is 0 Å². The van der Waals surface area contributed by atoms with Crippen molar-refractivity contribution in [2.45, 2.75) is 0 Å². The molecule has 1 heterocycles. The van der Waals surface area contributed by atoms with Crippen molar-refractivity contribution in [1.82, 2.24) is 9.88 Å². The minimum Gasteiger partial charge on any atom is -0.465 e. The molecule has 0 spiro atoms. The molecule has 0 fully saturated rings. The molecule has 4 nitrogen and oxygen atoms in total. The largest absolute Gasteiger partial charge is 0.465 e. The number of carbonyl (C=O) groups is 1. The van der Waals surface area contributed by atoms with Gasteiger partial charge in [0, 0.05) is 31.9 Å². The van der Waals surface area contributed by atoms with Gasteiger partial charge in [0.25, 0.3) is 0 Å². The molecule has 0 aliphatic carbocycles. The summed E-state index contributed by atoms with van der Waals surface area (Å²) in [5.41, 5.74) is 2.25. The summed E-state index contributed by atoms with van der Waals surface area (Å²) in [6.07, 6.45) is 3.50. The van der Waals surface area contributed by atoms with E-state index in [0.717, 1.165) is 16.5 Å². The van der Waals surface area contributed by atoms with Crippen LogP contribution < -0.4 is 0 Å². The minimum atomic E-state index is -0.350. The molecular formula is C15H16N2O2. The van der Waals surface area contributed by atoms with Crippen molar-refractivity contribution in [3.63, 3.8) is 0 Å². The van der Waals surface area contributed by atoms with Crippen LogP contribution in [-0.2, 0) is 9.53 Å². The van der Waals surface area contributed by atoms with Gasteiger partial charge in [0.05, 0.1) is 18.2 Å². The van der Waals surface area contributed by atoms with Gasteiger partial charge in [-0.15, -0.1) is 0 Å². The third kappa shape index (κ3) is 2.91. The van der Waals surface area contributed by atoms with Crippen LogP contribution in [0.5, 0.6) is 0 Å². The summed E-state index contributed by atoms with van der Waals surface area (Å²) in [4.78, 5) is 17.9. The van der Waals surface area contributed by atoms with Crippen LogP contribution in [0.4, 0.5) is 0 Å². The highest BCUT2D eigenvalue weighted by molar-refractivity contribution is 6.16. The number of aromatic nitrogens is 1. The lowest BCUT2D eigenvalue weighted by molar-refractivity contribution is -0.133. The average Bonchev–Trinajstić information content (AvgIpc) is 2.43. The monoisotopic (exact) mass is 256 g/mol. The zero-order chi connectivity index (χ0) is 13.8. The Morgan fingerprint density at radius 2 is 2.11 bits per heavy atom. The number of nitrogens with zero attached hydrogens (tertiary/aromatic N) is 2. The third-order valence-electron chi connectivity index (χ3n) is 2.71. The van der Waals surface area contributed by atoms with Gasteiger partial charge < -0.3 is 9.64 Å². The first kappa shape index (κ1) is 13.1. The Morgan fingerprint density at radius 1 is 1.32 bits per heavy atom. The number of methoxy groups -OCH3 is 1. The molecule has 0 radical (unpaired) electrons. The summed E-state index contributed by atoms with van der Waals surface area (Å²) in [7, 11) is 5.12. The smallest absolute Gasteiger partial charge is 0.339 e. The second-order valence-corrected chi connectivity index (χ2v) is 4.41. The molecule has 0 bridgehead atoms. The van der Waals surface area contributed by atoms with E-state index in [-0.39, 0.29) is 5.97 Å². The van der Waals surface area contributed by atoms with Crippen LogP contribution in [0.25, 0.3) is 16.5 Å². The van der Waals surface area contributed by atoms with Crippen molar-refractivity contribution < 1.29 is 9.53 Å². The van der Waals surface area contributed by atoms with Gasteiger partial charge in [0.1, 0.15) is 0 Å². The van der Waals surface area contributed by atoms with Gasteiger partial charge in [0.2, 0.25) is 0 Å². The molecule has 0 saturated heterocycles. The molecule has 19 heavy (non-hydrogen) atoms. The Bertz CT molecular complexity index is 633. The first-order valence-electron chi connectivity index (χ1n) is 5.93. The van der Waals surface area contributed by atoms with Gasteiger partial charge in [-0.2, -0.15) is 0 Å². The fourth-order valence-electron chi connectivity index (χ4n) is 1.86. The van der Waals surface area contributed by atoms with Crippen molar-refractivity contribution in [2.24, 2.45) is 0 Å². The maximum atomic E-state index is 11.9. The molecule has 4 heteroatoms. The van der Waals surface area contributed by atoms with Crippen LogP contribution in [0.2, 0.25) is 0 Å². The number of esters is 1. The van der Waals surface area contributed by atoms with Gasteiger partial charge in [-0.1, -0.05) is 12.1 Å². The second-order valence-electron chi connectivity index (χ2n) is 4.41. The highest BCUT2D eigenvalue weighted by Crippen LogP contribution is 2.21. The highest BCUT2D eigenvalue weighted by atomic mass is 16.5. The molecule has 0 aliphatic rings. The van der Waals surface area contributed by atoms with E-state index in [1.807, 2.05) is 49.3 Å². The van der Waals surface area contributed by atoms with E-state index in [0.29, 0.717) is 5.57 Å². The Hall–Kier alpha value is -2.36. The summed E-state index contributed by atoms with van der Waals surface area (Å²) in [6, 6.07) is 9.56. The third-order valence-corrected chi connectivity index (χ3v) is 2.71. The van der Waals surface area contributed by atoms with Crippen LogP contribution >= 0.6 is 0 Å². The van der Waals surface area contributed by atoms with E-state index in [4.69, 9.17) is 4.74 Å². The minimum absolute atomic E-state index is 0.350. The standard InChI is InChI=1S/C15H16N2O2/c1-17(2)10-13(15(18)19-3)11-6-7-14-12(9-11)5-4-8-16-14/h4-10H,1-3H3/b13-10-. The van der Waals surface area contributed by atoms with E-state index in [1.165, 1.54) is 7.11 Å². The maximum Gasteiger partial charge on any atom is 0.339 e. The summed E-state index contributed by atoms with van der Waals surface area (Å²) in [5, 5.41) is 0.994. The fourth-order valence-corrected chi connectivity index (χ4v) is 1.86. The first-order chi connectivity index (χ1) is 9.11. The number of pyridine rings is 1. The Labute approximate surface area is 112 Å². The van der Waals surface area contributed by atoms with Gasteiger partial charge in [-0.25, -0.2) is 4.79 Å². The molecule has 2 rings (SSSR count). The van der Waals surface area contributed by atoms with Gasteiger partial charge in [-0.3, -0.25) is 4.98 Å². The van der Waals surface area contributed by atoms with E-state index in [9.17, 15) is 4.79 Å². The number of rotatable bonds is 3. The molecule has 0 amide bonds. The Balaban J connectivity index is 2.53. The molecule has 0 aliphatic heterocycles. The van der Waals surface area contributed by atoms with Crippen molar-refractivity contribution in [1.29, 1.82) is 0 Å². The summed E-state index contributed by atoms with van der Waals surface area (Å²) in [6.45, 7) is 0. The molecule has 2 aromatic rings. The maximum absolute atomic E-state index is 11.9. The van der Waals surface area contributed by atoms with E-state index in [1.54, 1.807) is 12.4 Å². The number of fused-ring (bicyclic) bond motifs is 1. The number of hydrogen-bond acceptors (Lipinski definition) is 4. The first-order valence-corrected chi connectivity index (χ1v) is 5.93. The molecule has 1 aromatic heterocycles.